The molecule has 5 heteroatoms. The Hall–Kier alpha value is -1.59. The van der Waals surface area contributed by atoms with Gasteiger partial charge in [-0.1, -0.05) is 12.1 Å². The number of rotatable bonds is 3. The summed E-state index contributed by atoms with van der Waals surface area (Å²) in [4.78, 5) is 11.7. The number of amides is 2. The summed E-state index contributed by atoms with van der Waals surface area (Å²) in [7, 11) is 0. The molecule has 18 heavy (non-hydrogen) atoms. The molecule has 1 unspecified atom stereocenters. The van der Waals surface area contributed by atoms with Crippen molar-refractivity contribution in [3.8, 4) is 0 Å². The highest BCUT2D eigenvalue weighted by molar-refractivity contribution is 5.89. The highest BCUT2D eigenvalue weighted by Gasteiger charge is 2.15. The van der Waals surface area contributed by atoms with Gasteiger partial charge in [-0.05, 0) is 30.5 Å². The third kappa shape index (κ3) is 3.72. The summed E-state index contributed by atoms with van der Waals surface area (Å²) in [5, 5.41) is 5.69. The summed E-state index contributed by atoms with van der Waals surface area (Å²) in [6.45, 7) is 1.89. The molecule has 98 valence electrons. The molecule has 0 saturated carbocycles. The highest BCUT2D eigenvalue weighted by atomic mass is 16.5. The van der Waals surface area contributed by atoms with Crippen LogP contribution in [0.15, 0.2) is 24.3 Å². The van der Waals surface area contributed by atoms with Crippen molar-refractivity contribution < 1.29 is 9.53 Å². The fourth-order valence-corrected chi connectivity index (χ4v) is 1.93. The van der Waals surface area contributed by atoms with Crippen LogP contribution in [0.3, 0.4) is 0 Å². The Kier molecular flexibility index (Phi) is 4.55. The van der Waals surface area contributed by atoms with Crippen molar-refractivity contribution in [3.63, 3.8) is 0 Å². The van der Waals surface area contributed by atoms with E-state index in [0.29, 0.717) is 13.2 Å². The number of benzene rings is 1. The van der Waals surface area contributed by atoms with Gasteiger partial charge in [-0.3, -0.25) is 0 Å². The molecule has 1 heterocycles. The molecule has 2 rings (SSSR count). The molecule has 5 nitrogen and oxygen atoms in total. The van der Waals surface area contributed by atoms with E-state index in [-0.39, 0.29) is 12.1 Å². The molecule has 0 bridgehead atoms. The molecule has 1 saturated heterocycles. The molecular weight excluding hydrogens is 230 g/mol. The minimum atomic E-state index is -0.189. The third-order valence-electron chi connectivity index (χ3n) is 2.94. The number of carbonyl (C=O) groups excluding carboxylic acids is 1. The fourth-order valence-electron chi connectivity index (χ4n) is 1.93. The van der Waals surface area contributed by atoms with E-state index in [0.717, 1.165) is 30.7 Å². The molecular formula is C13H19N3O2. The smallest absolute Gasteiger partial charge is 0.319 e. The summed E-state index contributed by atoms with van der Waals surface area (Å²) < 4.78 is 5.31. The third-order valence-corrected chi connectivity index (χ3v) is 2.94. The Balaban J connectivity index is 1.82. The van der Waals surface area contributed by atoms with Crippen molar-refractivity contribution in [1.82, 2.24) is 5.32 Å². The van der Waals surface area contributed by atoms with Crippen LogP contribution in [0.1, 0.15) is 18.4 Å². The Labute approximate surface area is 107 Å². The van der Waals surface area contributed by atoms with E-state index in [2.05, 4.69) is 10.6 Å². The van der Waals surface area contributed by atoms with E-state index < -0.39 is 0 Å². The molecule has 1 aromatic carbocycles. The van der Waals surface area contributed by atoms with Crippen LogP contribution in [-0.2, 0) is 11.3 Å². The maximum absolute atomic E-state index is 11.7. The van der Waals surface area contributed by atoms with Crippen LogP contribution in [0.5, 0.6) is 0 Å². The molecule has 0 radical (unpaired) electrons. The number of hydrogen-bond acceptors (Lipinski definition) is 3. The zero-order chi connectivity index (χ0) is 12.8. The van der Waals surface area contributed by atoms with E-state index in [4.69, 9.17) is 10.5 Å². The Morgan fingerprint density at radius 3 is 2.78 bits per heavy atom. The van der Waals surface area contributed by atoms with Crippen LogP contribution in [0, 0.1) is 0 Å². The molecule has 0 aromatic heterocycles. The van der Waals surface area contributed by atoms with Crippen molar-refractivity contribution in [2.45, 2.75) is 25.4 Å². The van der Waals surface area contributed by atoms with Crippen molar-refractivity contribution in [2.24, 2.45) is 5.73 Å². The molecule has 1 atom stereocenters. The van der Waals surface area contributed by atoms with E-state index in [1.165, 1.54) is 0 Å². The molecule has 1 aromatic rings. The summed E-state index contributed by atoms with van der Waals surface area (Å²) in [5.74, 6) is 0. The predicted octanol–water partition coefficient (Wildman–Crippen LogP) is 1.45. The van der Waals surface area contributed by atoms with Gasteiger partial charge in [0.2, 0.25) is 0 Å². The van der Waals surface area contributed by atoms with E-state index >= 15 is 0 Å². The first-order valence-electron chi connectivity index (χ1n) is 6.22. The lowest BCUT2D eigenvalue weighted by molar-refractivity contribution is 0.0739. The van der Waals surface area contributed by atoms with Gasteiger partial charge in [0.05, 0.1) is 12.6 Å². The average Bonchev–Trinajstić information content (AvgIpc) is 2.40. The second-order valence-corrected chi connectivity index (χ2v) is 4.41. The van der Waals surface area contributed by atoms with Crippen LogP contribution < -0.4 is 16.4 Å². The number of anilines is 1. The normalized spacial score (nSPS) is 19.3. The Bertz CT molecular complexity index is 386. The van der Waals surface area contributed by atoms with Crippen molar-refractivity contribution >= 4 is 11.7 Å². The maximum Gasteiger partial charge on any atom is 0.319 e. The number of urea groups is 1. The van der Waals surface area contributed by atoms with Gasteiger partial charge in [0.25, 0.3) is 0 Å². The molecule has 1 fully saturated rings. The second kappa shape index (κ2) is 6.37. The second-order valence-electron chi connectivity index (χ2n) is 4.41. The first-order valence-corrected chi connectivity index (χ1v) is 6.22. The summed E-state index contributed by atoms with van der Waals surface area (Å²) >= 11 is 0. The first-order chi connectivity index (χ1) is 8.78. The van der Waals surface area contributed by atoms with Gasteiger partial charge in [0.15, 0.2) is 0 Å². The van der Waals surface area contributed by atoms with Gasteiger partial charge < -0.3 is 21.1 Å². The molecule has 0 aliphatic carbocycles. The van der Waals surface area contributed by atoms with Crippen molar-refractivity contribution in [2.75, 3.05) is 18.5 Å². The van der Waals surface area contributed by atoms with Gasteiger partial charge in [-0.2, -0.15) is 0 Å². The topological polar surface area (TPSA) is 76.4 Å². The maximum atomic E-state index is 11.7. The molecule has 1 aliphatic rings. The highest BCUT2D eigenvalue weighted by Crippen LogP contribution is 2.10. The summed E-state index contributed by atoms with van der Waals surface area (Å²) in [5.41, 5.74) is 7.32. The zero-order valence-electron chi connectivity index (χ0n) is 10.3. The molecule has 4 N–H and O–H groups in total. The van der Waals surface area contributed by atoms with Crippen LogP contribution in [0.2, 0.25) is 0 Å². The number of carbonyl (C=O) groups is 1. The monoisotopic (exact) mass is 249 g/mol. The fraction of sp³-hybridized carbons (Fsp3) is 0.462. The number of nitrogens with two attached hydrogens (primary N) is 1. The predicted molar refractivity (Wildman–Crippen MR) is 70.3 cm³/mol. The lowest BCUT2D eigenvalue weighted by Gasteiger charge is -2.23. The van der Waals surface area contributed by atoms with Gasteiger partial charge >= 0.3 is 6.03 Å². The van der Waals surface area contributed by atoms with Crippen molar-refractivity contribution in [3.05, 3.63) is 29.8 Å². The Morgan fingerprint density at radius 2 is 2.17 bits per heavy atom. The minimum Gasteiger partial charge on any atom is -0.379 e. The van der Waals surface area contributed by atoms with E-state index in [9.17, 15) is 4.79 Å². The van der Waals surface area contributed by atoms with Gasteiger partial charge in [-0.25, -0.2) is 4.79 Å². The SMILES string of the molecule is NCc1ccc(NC(=O)NC2CCCOC2)cc1. The van der Waals surface area contributed by atoms with E-state index in [1.807, 2.05) is 24.3 Å². The number of hydrogen-bond donors (Lipinski definition) is 3. The van der Waals surface area contributed by atoms with Crippen molar-refractivity contribution in [1.29, 1.82) is 0 Å². The lowest BCUT2D eigenvalue weighted by Crippen LogP contribution is -2.42. The molecule has 1 aliphatic heterocycles. The lowest BCUT2D eigenvalue weighted by atomic mass is 10.1. The summed E-state index contributed by atoms with van der Waals surface area (Å²) in [6, 6.07) is 7.42. The van der Waals surface area contributed by atoms with Crippen LogP contribution in [-0.4, -0.2) is 25.3 Å². The largest absolute Gasteiger partial charge is 0.379 e. The average molecular weight is 249 g/mol. The number of nitrogens with one attached hydrogen (secondary N) is 2. The Morgan fingerprint density at radius 1 is 1.39 bits per heavy atom. The molecule has 2 amide bonds. The van der Waals surface area contributed by atoms with Crippen LogP contribution in [0.4, 0.5) is 10.5 Å². The minimum absolute atomic E-state index is 0.113. The van der Waals surface area contributed by atoms with Gasteiger partial charge in [0, 0.05) is 18.8 Å². The number of ether oxygens (including phenoxy) is 1. The summed E-state index contributed by atoms with van der Waals surface area (Å²) in [6.07, 6.45) is 1.97. The standard InChI is InChI=1S/C13H19N3O2/c14-8-10-3-5-11(6-4-10)15-13(17)16-12-2-1-7-18-9-12/h3-6,12H,1-2,7-9,14H2,(H2,15,16,17). The zero-order valence-corrected chi connectivity index (χ0v) is 10.3. The van der Waals surface area contributed by atoms with E-state index in [1.54, 1.807) is 0 Å². The first kappa shape index (κ1) is 12.9. The van der Waals surface area contributed by atoms with Crippen LogP contribution in [0.25, 0.3) is 0 Å². The molecule has 0 spiro atoms. The quantitative estimate of drug-likeness (QED) is 0.758. The van der Waals surface area contributed by atoms with Crippen LogP contribution >= 0.6 is 0 Å². The van der Waals surface area contributed by atoms with Gasteiger partial charge in [0.1, 0.15) is 0 Å². The van der Waals surface area contributed by atoms with Gasteiger partial charge in [-0.15, -0.1) is 0 Å².